The van der Waals surface area contributed by atoms with Gasteiger partial charge in [0.1, 0.15) is 11.3 Å². The van der Waals surface area contributed by atoms with Crippen molar-refractivity contribution in [2.45, 2.75) is 59.0 Å². The van der Waals surface area contributed by atoms with E-state index in [-0.39, 0.29) is 12.1 Å². The minimum Gasteiger partial charge on any atom is -0.444 e. The van der Waals surface area contributed by atoms with E-state index in [1.807, 2.05) is 38.6 Å². The minimum atomic E-state index is -0.519. The van der Waals surface area contributed by atoms with E-state index in [0.29, 0.717) is 19.7 Å². The molecular weight excluding hydrogens is 322 g/mol. The third-order valence-electron chi connectivity index (χ3n) is 4.04. The molecule has 0 aliphatic carbocycles. The van der Waals surface area contributed by atoms with Gasteiger partial charge in [0, 0.05) is 18.9 Å². The number of fused-ring (bicyclic) bond motifs is 1. The number of carbonyl (C=O) groups excluding carboxylic acids is 1. The quantitative estimate of drug-likeness (QED) is 0.852. The first kappa shape index (κ1) is 17.5. The molecule has 1 amide bonds. The van der Waals surface area contributed by atoms with Crippen LogP contribution in [0, 0.1) is 0 Å². The Hall–Kier alpha value is -2.35. The van der Waals surface area contributed by atoms with Gasteiger partial charge < -0.3 is 9.47 Å². The van der Waals surface area contributed by atoms with Crippen LogP contribution in [0.2, 0.25) is 0 Å². The van der Waals surface area contributed by atoms with Crippen LogP contribution in [0.3, 0.4) is 0 Å². The Morgan fingerprint density at radius 2 is 2.08 bits per heavy atom. The summed E-state index contributed by atoms with van der Waals surface area (Å²) in [6, 6.07) is 0.0109. The maximum atomic E-state index is 12.5. The Labute approximate surface area is 147 Å². The summed E-state index contributed by atoms with van der Waals surface area (Å²) in [4.78, 5) is 14.3. The number of nitrogens with zero attached hydrogens (tertiary/aromatic N) is 5. The van der Waals surface area contributed by atoms with Crippen molar-refractivity contribution in [1.29, 1.82) is 0 Å². The molecule has 1 atom stereocenters. The molecule has 1 aliphatic rings. The first-order valence-electron chi connectivity index (χ1n) is 8.35. The highest BCUT2D eigenvalue weighted by atomic mass is 16.6. The van der Waals surface area contributed by atoms with Crippen LogP contribution in [0.5, 0.6) is 0 Å². The highest BCUT2D eigenvalue weighted by molar-refractivity contribution is 5.69. The number of amides is 1. The summed E-state index contributed by atoms with van der Waals surface area (Å²) in [5.41, 5.74) is 2.27. The Morgan fingerprint density at radius 3 is 2.76 bits per heavy atom. The summed E-state index contributed by atoms with van der Waals surface area (Å²) in [5.74, 6) is 0. The molecule has 8 nitrogen and oxygen atoms in total. The van der Waals surface area contributed by atoms with E-state index in [9.17, 15) is 4.79 Å². The van der Waals surface area contributed by atoms with Gasteiger partial charge in [0.2, 0.25) is 0 Å². The van der Waals surface area contributed by atoms with Crippen molar-refractivity contribution in [3.05, 3.63) is 29.8 Å². The molecule has 2 aromatic heterocycles. The highest BCUT2D eigenvalue weighted by Crippen LogP contribution is 2.25. The van der Waals surface area contributed by atoms with Gasteiger partial charge >= 0.3 is 6.09 Å². The summed E-state index contributed by atoms with van der Waals surface area (Å²) in [7, 11) is 1.65. The van der Waals surface area contributed by atoms with Crippen LogP contribution in [-0.4, -0.2) is 49.3 Å². The molecule has 0 radical (unpaired) electrons. The van der Waals surface area contributed by atoms with E-state index in [4.69, 9.17) is 9.47 Å². The van der Waals surface area contributed by atoms with Crippen LogP contribution in [0.4, 0.5) is 4.79 Å². The lowest BCUT2D eigenvalue weighted by molar-refractivity contribution is 0.00906. The smallest absolute Gasteiger partial charge is 0.410 e. The molecular formula is C17H25N5O3. The molecule has 1 aliphatic heterocycles. The van der Waals surface area contributed by atoms with Gasteiger partial charge in [-0.15, -0.1) is 0 Å². The number of hydrogen-bond acceptors (Lipinski definition) is 5. The van der Waals surface area contributed by atoms with E-state index in [1.165, 1.54) is 0 Å². The van der Waals surface area contributed by atoms with Crippen LogP contribution in [0.15, 0.2) is 18.6 Å². The zero-order valence-electron chi connectivity index (χ0n) is 15.4. The van der Waals surface area contributed by atoms with E-state index in [2.05, 4.69) is 10.2 Å². The van der Waals surface area contributed by atoms with Gasteiger partial charge in [-0.3, -0.25) is 9.58 Å². The summed E-state index contributed by atoms with van der Waals surface area (Å²) in [6.07, 6.45) is 5.16. The fourth-order valence-electron chi connectivity index (χ4n) is 2.88. The maximum Gasteiger partial charge on any atom is 0.410 e. The first-order valence-corrected chi connectivity index (χ1v) is 8.35. The third kappa shape index (κ3) is 3.68. The van der Waals surface area contributed by atoms with Gasteiger partial charge in [-0.25, -0.2) is 9.48 Å². The molecule has 136 valence electrons. The largest absolute Gasteiger partial charge is 0.444 e. The lowest BCUT2D eigenvalue weighted by Crippen LogP contribution is -2.47. The molecule has 1 unspecified atom stereocenters. The highest BCUT2D eigenvalue weighted by Gasteiger charge is 2.32. The molecule has 8 heteroatoms. The van der Waals surface area contributed by atoms with Gasteiger partial charge in [-0.05, 0) is 27.7 Å². The molecule has 0 spiro atoms. The lowest BCUT2D eigenvalue weighted by atomic mass is 10.2. The van der Waals surface area contributed by atoms with E-state index in [0.717, 1.165) is 16.9 Å². The molecule has 25 heavy (non-hydrogen) atoms. The first-order chi connectivity index (χ1) is 11.8. The molecule has 3 heterocycles. The normalized spacial score (nSPS) is 17.5. The van der Waals surface area contributed by atoms with Crippen LogP contribution < -0.4 is 0 Å². The monoisotopic (exact) mass is 347 g/mol. The Morgan fingerprint density at radius 1 is 1.32 bits per heavy atom. The van der Waals surface area contributed by atoms with Crippen LogP contribution in [-0.2, 0) is 29.2 Å². The van der Waals surface area contributed by atoms with E-state index >= 15 is 0 Å². The van der Waals surface area contributed by atoms with Crippen molar-refractivity contribution >= 4 is 6.09 Å². The number of aromatic nitrogens is 4. The molecule has 0 saturated carbocycles. The number of ether oxygens (including phenoxy) is 2. The Bertz CT molecular complexity index is 759. The van der Waals surface area contributed by atoms with E-state index < -0.39 is 5.60 Å². The van der Waals surface area contributed by atoms with Crippen LogP contribution in [0.1, 0.15) is 39.0 Å². The SMILES string of the molecule is COCc1cnn(-c2cnn3c2CN(C(=O)OC(C)(C)C)C(C)C3)c1. The fourth-order valence-corrected chi connectivity index (χ4v) is 2.88. The topological polar surface area (TPSA) is 74.4 Å². The molecule has 3 rings (SSSR count). The summed E-state index contributed by atoms with van der Waals surface area (Å²) in [5, 5.41) is 8.84. The van der Waals surface area contributed by atoms with Gasteiger partial charge in [-0.1, -0.05) is 0 Å². The lowest BCUT2D eigenvalue weighted by Gasteiger charge is -2.35. The molecule has 0 fully saturated rings. The predicted molar refractivity (Wildman–Crippen MR) is 91.3 cm³/mol. The average molecular weight is 347 g/mol. The van der Waals surface area contributed by atoms with Gasteiger partial charge in [-0.2, -0.15) is 10.2 Å². The molecule has 0 N–H and O–H groups in total. The van der Waals surface area contributed by atoms with Crippen molar-refractivity contribution in [3.8, 4) is 5.69 Å². The average Bonchev–Trinajstić information content (AvgIpc) is 3.11. The van der Waals surface area contributed by atoms with Gasteiger partial charge in [0.05, 0.1) is 43.8 Å². The Kier molecular flexibility index (Phi) is 4.55. The summed E-state index contributed by atoms with van der Waals surface area (Å²) >= 11 is 0. The standard InChI is InChI=1S/C17H25N5O3/c1-12-8-21-15(10-20(12)16(23)25-17(2,3)4)14(7-19-21)22-9-13(6-18-22)11-24-5/h6-7,9,12H,8,10-11H2,1-5H3. The molecule has 0 aromatic carbocycles. The molecule has 0 bridgehead atoms. The van der Waals surface area contributed by atoms with E-state index in [1.54, 1.807) is 29.1 Å². The van der Waals surface area contributed by atoms with Crippen molar-refractivity contribution in [3.63, 3.8) is 0 Å². The fraction of sp³-hybridized carbons (Fsp3) is 0.588. The van der Waals surface area contributed by atoms with Crippen molar-refractivity contribution in [2.24, 2.45) is 0 Å². The van der Waals surface area contributed by atoms with Crippen LogP contribution in [0.25, 0.3) is 5.69 Å². The third-order valence-corrected chi connectivity index (χ3v) is 4.04. The minimum absolute atomic E-state index is 0.0109. The van der Waals surface area contributed by atoms with Crippen LogP contribution >= 0.6 is 0 Å². The second-order valence-corrected chi connectivity index (χ2v) is 7.34. The second-order valence-electron chi connectivity index (χ2n) is 7.34. The summed E-state index contributed by atoms with van der Waals surface area (Å²) < 4.78 is 14.4. The summed E-state index contributed by atoms with van der Waals surface area (Å²) in [6.45, 7) is 9.18. The van der Waals surface area contributed by atoms with Crippen molar-refractivity contribution < 1.29 is 14.3 Å². The Balaban J connectivity index is 1.85. The van der Waals surface area contributed by atoms with Gasteiger partial charge in [0.15, 0.2) is 0 Å². The zero-order valence-corrected chi connectivity index (χ0v) is 15.4. The van der Waals surface area contributed by atoms with Crippen molar-refractivity contribution in [2.75, 3.05) is 7.11 Å². The van der Waals surface area contributed by atoms with Crippen molar-refractivity contribution in [1.82, 2.24) is 24.5 Å². The molecule has 2 aromatic rings. The maximum absolute atomic E-state index is 12.5. The number of hydrogen-bond donors (Lipinski definition) is 0. The predicted octanol–water partition coefficient (Wildman–Crippen LogP) is 2.35. The number of rotatable bonds is 3. The second kappa shape index (κ2) is 6.51. The number of methoxy groups -OCH3 is 1. The molecule has 0 saturated heterocycles. The zero-order chi connectivity index (χ0) is 18.2. The van der Waals surface area contributed by atoms with Gasteiger partial charge in [0.25, 0.3) is 0 Å². The number of carbonyl (C=O) groups is 1.